The Labute approximate surface area is 142 Å². The molecule has 1 nitrogen and oxygen atoms in total. The topological polar surface area (TPSA) is 4.93 Å². The first kappa shape index (κ1) is 13.9. The minimum atomic E-state index is 0.0566. The second-order valence-corrected chi connectivity index (χ2v) is 7.84. The lowest BCUT2D eigenvalue weighted by atomic mass is 10.0. The molecule has 0 N–H and O–H groups in total. The van der Waals surface area contributed by atoms with Gasteiger partial charge in [-0.05, 0) is 61.6 Å². The van der Waals surface area contributed by atoms with E-state index in [1.165, 1.54) is 44.1 Å². The number of benzene rings is 3. The normalized spacial score (nSPS) is 13.5. The Morgan fingerprint density at radius 2 is 1.50 bits per heavy atom. The summed E-state index contributed by atoms with van der Waals surface area (Å²) in [6, 6.07) is 22.3. The average molecular weight is 311 g/mol. The molecule has 0 saturated carbocycles. The highest BCUT2D eigenvalue weighted by Gasteiger charge is 2.26. The molecular formula is C23H21N. The molecule has 0 saturated heterocycles. The van der Waals surface area contributed by atoms with Gasteiger partial charge in [0, 0.05) is 27.3 Å². The highest BCUT2D eigenvalue weighted by molar-refractivity contribution is 6.12. The van der Waals surface area contributed by atoms with Crippen LogP contribution in [0.2, 0.25) is 0 Å². The van der Waals surface area contributed by atoms with E-state index in [1.54, 1.807) is 0 Å². The van der Waals surface area contributed by atoms with Crippen LogP contribution in [0.3, 0.4) is 0 Å². The van der Waals surface area contributed by atoms with Gasteiger partial charge in [0.2, 0.25) is 0 Å². The zero-order valence-corrected chi connectivity index (χ0v) is 14.4. The molecule has 118 valence electrons. The third-order valence-electron chi connectivity index (χ3n) is 5.29. The zero-order chi connectivity index (χ0) is 16.5. The van der Waals surface area contributed by atoms with Crippen molar-refractivity contribution < 1.29 is 0 Å². The van der Waals surface area contributed by atoms with Crippen molar-refractivity contribution in [2.75, 3.05) is 0 Å². The van der Waals surface area contributed by atoms with Crippen molar-refractivity contribution in [3.63, 3.8) is 0 Å². The summed E-state index contributed by atoms with van der Waals surface area (Å²) in [5, 5.41) is 2.82. The highest BCUT2D eigenvalue weighted by Crippen LogP contribution is 2.44. The summed E-state index contributed by atoms with van der Waals surface area (Å²) in [5.74, 6) is 0. The van der Waals surface area contributed by atoms with Gasteiger partial charge in [-0.15, -0.1) is 0 Å². The lowest BCUT2D eigenvalue weighted by Crippen LogP contribution is -2.21. The van der Waals surface area contributed by atoms with Crippen LogP contribution in [-0.2, 0) is 12.0 Å². The van der Waals surface area contributed by atoms with Gasteiger partial charge in [0.15, 0.2) is 0 Å². The number of para-hydroxylation sites is 1. The first-order valence-electron chi connectivity index (χ1n) is 8.69. The van der Waals surface area contributed by atoms with E-state index in [-0.39, 0.29) is 5.54 Å². The van der Waals surface area contributed by atoms with Crippen molar-refractivity contribution in [3.8, 4) is 11.1 Å². The molecule has 0 aliphatic heterocycles. The highest BCUT2D eigenvalue weighted by atomic mass is 15.0. The number of nitrogens with zero attached hydrogens (tertiary/aromatic N) is 1. The van der Waals surface area contributed by atoms with Crippen molar-refractivity contribution in [1.29, 1.82) is 0 Å². The molecule has 5 rings (SSSR count). The van der Waals surface area contributed by atoms with Gasteiger partial charge in [0.1, 0.15) is 0 Å². The van der Waals surface area contributed by atoms with Gasteiger partial charge in [0.25, 0.3) is 0 Å². The van der Waals surface area contributed by atoms with Crippen LogP contribution < -0.4 is 0 Å². The van der Waals surface area contributed by atoms with Crippen LogP contribution in [0.4, 0.5) is 0 Å². The quantitative estimate of drug-likeness (QED) is 0.324. The Balaban J connectivity index is 1.97. The molecule has 1 aliphatic carbocycles. The lowest BCUT2D eigenvalue weighted by molar-refractivity contribution is 0.423. The minimum Gasteiger partial charge on any atom is -0.335 e. The number of hydrogen-bond donors (Lipinski definition) is 0. The summed E-state index contributed by atoms with van der Waals surface area (Å²) >= 11 is 0. The van der Waals surface area contributed by atoms with Crippen LogP contribution in [0.25, 0.3) is 32.9 Å². The fraction of sp³-hybridized carbons (Fsp3) is 0.217. The summed E-state index contributed by atoms with van der Waals surface area (Å²) in [6.45, 7) is 6.88. The number of rotatable bonds is 0. The lowest BCUT2D eigenvalue weighted by Gasteiger charge is -2.24. The van der Waals surface area contributed by atoms with Gasteiger partial charge in [-0.25, -0.2) is 0 Å². The molecule has 0 bridgehead atoms. The van der Waals surface area contributed by atoms with Crippen LogP contribution >= 0.6 is 0 Å². The molecule has 3 aromatic carbocycles. The summed E-state index contributed by atoms with van der Waals surface area (Å²) in [4.78, 5) is 0. The van der Waals surface area contributed by atoms with E-state index in [1.807, 2.05) is 0 Å². The smallest absolute Gasteiger partial charge is 0.0499 e. The van der Waals surface area contributed by atoms with E-state index < -0.39 is 0 Å². The van der Waals surface area contributed by atoms with E-state index in [4.69, 9.17) is 0 Å². The standard InChI is InChI=1S/C23H21N/c1-23(2,3)24-20-11-7-6-10-18(20)22-19-14-15-8-4-5-9-16(15)17(19)12-13-21(22)24/h4-13H,14H2,1-3H3. The maximum Gasteiger partial charge on any atom is 0.0499 e. The first-order valence-corrected chi connectivity index (χ1v) is 8.69. The second kappa shape index (κ2) is 4.51. The Morgan fingerprint density at radius 1 is 0.750 bits per heavy atom. The Hall–Kier alpha value is -2.54. The third-order valence-corrected chi connectivity index (χ3v) is 5.29. The number of aromatic nitrogens is 1. The summed E-state index contributed by atoms with van der Waals surface area (Å²) in [7, 11) is 0. The summed E-state index contributed by atoms with van der Waals surface area (Å²) in [6.07, 6.45) is 1.04. The predicted molar refractivity (Wildman–Crippen MR) is 103 cm³/mol. The van der Waals surface area contributed by atoms with E-state index >= 15 is 0 Å². The van der Waals surface area contributed by atoms with Gasteiger partial charge in [0.05, 0.1) is 0 Å². The summed E-state index contributed by atoms with van der Waals surface area (Å²) < 4.78 is 2.50. The fourth-order valence-corrected chi connectivity index (χ4v) is 4.42. The Morgan fingerprint density at radius 3 is 2.33 bits per heavy atom. The van der Waals surface area contributed by atoms with Crippen LogP contribution in [-0.4, -0.2) is 4.57 Å². The molecule has 24 heavy (non-hydrogen) atoms. The summed E-state index contributed by atoms with van der Waals surface area (Å²) in [5.41, 5.74) is 8.51. The van der Waals surface area contributed by atoms with E-state index in [0.29, 0.717) is 0 Å². The van der Waals surface area contributed by atoms with Crippen molar-refractivity contribution in [3.05, 3.63) is 71.8 Å². The van der Waals surface area contributed by atoms with Gasteiger partial charge in [-0.1, -0.05) is 48.5 Å². The van der Waals surface area contributed by atoms with Crippen molar-refractivity contribution in [2.24, 2.45) is 0 Å². The van der Waals surface area contributed by atoms with Crippen LogP contribution in [0, 0.1) is 0 Å². The maximum absolute atomic E-state index is 2.50. The van der Waals surface area contributed by atoms with E-state index in [2.05, 4.69) is 86.0 Å². The molecule has 0 radical (unpaired) electrons. The van der Waals surface area contributed by atoms with Crippen molar-refractivity contribution in [1.82, 2.24) is 4.57 Å². The minimum absolute atomic E-state index is 0.0566. The Bertz CT molecular complexity index is 1110. The number of fused-ring (bicyclic) bond motifs is 7. The fourth-order valence-electron chi connectivity index (χ4n) is 4.42. The first-order chi connectivity index (χ1) is 11.6. The molecule has 0 atom stereocenters. The SMILES string of the molecule is CC(C)(C)n1c2ccccc2c2c3c(ccc21)-c1ccccc1C3. The van der Waals surface area contributed by atoms with Crippen molar-refractivity contribution in [2.45, 2.75) is 32.7 Å². The largest absolute Gasteiger partial charge is 0.335 e. The molecular weight excluding hydrogens is 290 g/mol. The van der Waals surface area contributed by atoms with Crippen molar-refractivity contribution >= 4 is 21.8 Å². The van der Waals surface area contributed by atoms with E-state index in [0.717, 1.165) is 6.42 Å². The van der Waals surface area contributed by atoms with Gasteiger partial charge in [-0.2, -0.15) is 0 Å². The second-order valence-electron chi connectivity index (χ2n) is 7.84. The van der Waals surface area contributed by atoms with Gasteiger partial charge >= 0.3 is 0 Å². The molecule has 0 spiro atoms. The van der Waals surface area contributed by atoms with Crippen LogP contribution in [0.15, 0.2) is 60.7 Å². The van der Waals surface area contributed by atoms with Crippen LogP contribution in [0.5, 0.6) is 0 Å². The van der Waals surface area contributed by atoms with E-state index in [9.17, 15) is 0 Å². The molecule has 0 fully saturated rings. The molecule has 0 unspecified atom stereocenters. The third kappa shape index (κ3) is 1.70. The molecule has 4 aromatic rings. The van der Waals surface area contributed by atoms with Gasteiger partial charge in [-0.3, -0.25) is 0 Å². The molecule has 1 aliphatic rings. The zero-order valence-electron chi connectivity index (χ0n) is 14.4. The monoisotopic (exact) mass is 311 g/mol. The Kier molecular flexibility index (Phi) is 2.60. The average Bonchev–Trinajstić information content (AvgIpc) is 3.09. The molecule has 1 aromatic heterocycles. The molecule has 0 amide bonds. The maximum atomic E-state index is 2.50. The predicted octanol–water partition coefficient (Wildman–Crippen LogP) is 6.12. The molecule has 1 heteroatoms. The van der Waals surface area contributed by atoms with Gasteiger partial charge < -0.3 is 4.57 Å². The number of hydrogen-bond acceptors (Lipinski definition) is 0. The molecule has 1 heterocycles. The van der Waals surface area contributed by atoms with Crippen LogP contribution in [0.1, 0.15) is 31.9 Å².